The van der Waals surface area contributed by atoms with Crippen LogP contribution in [0.1, 0.15) is 24.0 Å². The van der Waals surface area contributed by atoms with E-state index in [-0.39, 0.29) is 5.91 Å². The summed E-state index contributed by atoms with van der Waals surface area (Å²) in [5, 5.41) is 2.82. The zero-order chi connectivity index (χ0) is 14.0. The molecule has 0 aromatic heterocycles. The molecule has 5 heteroatoms. The summed E-state index contributed by atoms with van der Waals surface area (Å²) in [6.45, 7) is 2.41. The fourth-order valence-electron chi connectivity index (χ4n) is 2.05. The average Bonchev–Trinajstić information content (AvgIpc) is 3.18. The van der Waals surface area contributed by atoms with E-state index in [1.165, 1.54) is 7.11 Å². The van der Waals surface area contributed by atoms with Gasteiger partial charge >= 0.3 is 5.97 Å². The molecule has 2 rings (SSSR count). The molecule has 0 bridgehead atoms. The van der Waals surface area contributed by atoms with E-state index in [0.717, 1.165) is 15.6 Å². The Hall–Kier alpha value is -1.36. The minimum atomic E-state index is -0.933. The van der Waals surface area contributed by atoms with Gasteiger partial charge in [-0.05, 0) is 43.0 Å². The van der Waals surface area contributed by atoms with Gasteiger partial charge in [0.15, 0.2) is 0 Å². The van der Waals surface area contributed by atoms with Crippen LogP contribution in [0.5, 0.6) is 0 Å². The quantitative estimate of drug-likeness (QED) is 0.682. The van der Waals surface area contributed by atoms with Gasteiger partial charge in [-0.15, -0.1) is 0 Å². The molecular formula is C14H16BrNO3. The van der Waals surface area contributed by atoms with Crippen molar-refractivity contribution in [3.05, 3.63) is 33.8 Å². The van der Waals surface area contributed by atoms with E-state index < -0.39 is 11.4 Å². The lowest BCUT2D eigenvalue weighted by Gasteiger charge is -2.14. The number of methoxy groups -OCH3 is 1. The van der Waals surface area contributed by atoms with Gasteiger partial charge < -0.3 is 10.1 Å². The number of benzene rings is 1. The van der Waals surface area contributed by atoms with Crippen molar-refractivity contribution in [2.45, 2.75) is 26.3 Å². The molecular weight excluding hydrogens is 310 g/mol. The van der Waals surface area contributed by atoms with Crippen molar-refractivity contribution in [1.29, 1.82) is 0 Å². The molecule has 0 radical (unpaired) electrons. The molecule has 19 heavy (non-hydrogen) atoms. The minimum Gasteiger partial charge on any atom is -0.468 e. The third-order valence-corrected chi connectivity index (χ3v) is 4.00. The van der Waals surface area contributed by atoms with Crippen LogP contribution >= 0.6 is 15.9 Å². The molecule has 4 nitrogen and oxygen atoms in total. The molecule has 1 aromatic rings. The van der Waals surface area contributed by atoms with Gasteiger partial charge in [0.05, 0.1) is 7.11 Å². The predicted octanol–water partition coefficient (Wildman–Crippen LogP) is 2.33. The van der Waals surface area contributed by atoms with Crippen LogP contribution in [-0.2, 0) is 20.9 Å². The van der Waals surface area contributed by atoms with Crippen LogP contribution in [0.3, 0.4) is 0 Å². The zero-order valence-corrected chi connectivity index (χ0v) is 12.5. The molecule has 1 saturated carbocycles. The first-order chi connectivity index (χ1) is 8.99. The van der Waals surface area contributed by atoms with Crippen molar-refractivity contribution in [3.63, 3.8) is 0 Å². The number of ether oxygens (including phenoxy) is 1. The predicted molar refractivity (Wildman–Crippen MR) is 74.4 cm³/mol. The lowest BCUT2D eigenvalue weighted by Crippen LogP contribution is -2.37. The SMILES string of the molecule is COC(=O)C1(C(=O)NCc2ccc(Br)cc2C)CC1. The number of amides is 1. The van der Waals surface area contributed by atoms with Gasteiger partial charge in [-0.1, -0.05) is 22.0 Å². The van der Waals surface area contributed by atoms with Crippen LogP contribution in [0, 0.1) is 12.3 Å². The topological polar surface area (TPSA) is 55.4 Å². The second-order valence-corrected chi connectivity index (χ2v) is 5.74. The molecule has 1 aliphatic carbocycles. The number of carbonyl (C=O) groups is 2. The maximum absolute atomic E-state index is 12.1. The van der Waals surface area contributed by atoms with E-state index in [0.29, 0.717) is 19.4 Å². The highest BCUT2D eigenvalue weighted by Crippen LogP contribution is 2.46. The van der Waals surface area contributed by atoms with Crippen LogP contribution in [0.25, 0.3) is 0 Å². The Bertz CT molecular complexity index is 523. The van der Waals surface area contributed by atoms with Gasteiger partial charge in [0, 0.05) is 11.0 Å². The maximum Gasteiger partial charge on any atom is 0.321 e. The van der Waals surface area contributed by atoms with Crippen molar-refractivity contribution in [2.24, 2.45) is 5.41 Å². The number of aryl methyl sites for hydroxylation is 1. The highest BCUT2D eigenvalue weighted by molar-refractivity contribution is 9.10. The second-order valence-electron chi connectivity index (χ2n) is 4.83. The highest BCUT2D eigenvalue weighted by Gasteiger charge is 2.57. The lowest BCUT2D eigenvalue weighted by atomic mass is 10.1. The van der Waals surface area contributed by atoms with E-state index in [9.17, 15) is 9.59 Å². The molecule has 0 spiro atoms. The average molecular weight is 326 g/mol. The normalized spacial score (nSPS) is 15.7. The molecule has 0 unspecified atom stereocenters. The summed E-state index contributed by atoms with van der Waals surface area (Å²) in [4.78, 5) is 23.6. The van der Waals surface area contributed by atoms with Crippen molar-refractivity contribution in [1.82, 2.24) is 5.32 Å². The van der Waals surface area contributed by atoms with Crippen LogP contribution < -0.4 is 5.32 Å². The Morgan fingerprint density at radius 3 is 2.63 bits per heavy atom. The van der Waals surface area contributed by atoms with E-state index in [4.69, 9.17) is 0 Å². The summed E-state index contributed by atoms with van der Waals surface area (Å²) in [6, 6.07) is 5.88. The smallest absolute Gasteiger partial charge is 0.321 e. The number of carbonyl (C=O) groups excluding carboxylic acids is 2. The van der Waals surface area contributed by atoms with Crippen molar-refractivity contribution >= 4 is 27.8 Å². The third-order valence-electron chi connectivity index (χ3n) is 3.50. The standard InChI is InChI=1S/C14H16BrNO3/c1-9-7-11(15)4-3-10(9)8-16-12(17)14(5-6-14)13(18)19-2/h3-4,7H,5-6,8H2,1-2H3,(H,16,17). The second kappa shape index (κ2) is 5.33. The number of hydrogen-bond acceptors (Lipinski definition) is 3. The Labute approximate surface area is 120 Å². The van der Waals surface area contributed by atoms with E-state index in [1.807, 2.05) is 25.1 Å². The van der Waals surface area contributed by atoms with E-state index in [1.54, 1.807) is 0 Å². The number of halogens is 1. The first kappa shape index (κ1) is 14.1. The van der Waals surface area contributed by atoms with E-state index >= 15 is 0 Å². The summed E-state index contributed by atoms with van der Waals surface area (Å²) >= 11 is 3.40. The largest absolute Gasteiger partial charge is 0.468 e. The molecule has 0 aliphatic heterocycles. The summed E-state index contributed by atoms with van der Waals surface area (Å²) in [6.07, 6.45) is 1.15. The number of esters is 1. The molecule has 0 atom stereocenters. The fraction of sp³-hybridized carbons (Fsp3) is 0.429. The van der Waals surface area contributed by atoms with Crippen molar-refractivity contribution in [3.8, 4) is 0 Å². The van der Waals surface area contributed by atoms with Gasteiger partial charge in [0.2, 0.25) is 5.91 Å². The summed E-state index contributed by atoms with van der Waals surface area (Å²) < 4.78 is 5.69. The molecule has 1 amide bonds. The van der Waals surface area contributed by atoms with Gasteiger partial charge in [0.1, 0.15) is 5.41 Å². The molecule has 0 heterocycles. The Balaban J connectivity index is 1.99. The van der Waals surface area contributed by atoms with Crippen LogP contribution in [-0.4, -0.2) is 19.0 Å². The fourth-order valence-corrected chi connectivity index (χ4v) is 2.52. The first-order valence-corrected chi connectivity index (χ1v) is 6.90. The molecule has 1 aromatic carbocycles. The Kier molecular flexibility index (Phi) is 3.94. The molecule has 102 valence electrons. The Morgan fingerprint density at radius 2 is 2.11 bits per heavy atom. The summed E-state index contributed by atoms with van der Waals surface area (Å²) in [7, 11) is 1.31. The molecule has 1 N–H and O–H groups in total. The van der Waals surface area contributed by atoms with Crippen molar-refractivity contribution in [2.75, 3.05) is 7.11 Å². The highest BCUT2D eigenvalue weighted by atomic mass is 79.9. The maximum atomic E-state index is 12.1. The lowest BCUT2D eigenvalue weighted by molar-refractivity contribution is -0.152. The Morgan fingerprint density at radius 1 is 1.42 bits per heavy atom. The van der Waals surface area contributed by atoms with Crippen LogP contribution in [0.15, 0.2) is 22.7 Å². The molecule has 1 fully saturated rings. The minimum absolute atomic E-state index is 0.235. The van der Waals surface area contributed by atoms with Gasteiger partial charge in [0.25, 0.3) is 0 Å². The molecule has 0 saturated heterocycles. The van der Waals surface area contributed by atoms with Crippen LogP contribution in [0.2, 0.25) is 0 Å². The summed E-state index contributed by atoms with van der Waals surface area (Å²) in [5.74, 6) is -0.667. The number of hydrogen-bond donors (Lipinski definition) is 1. The van der Waals surface area contributed by atoms with Gasteiger partial charge in [-0.3, -0.25) is 9.59 Å². The van der Waals surface area contributed by atoms with Gasteiger partial charge in [-0.2, -0.15) is 0 Å². The van der Waals surface area contributed by atoms with Crippen molar-refractivity contribution < 1.29 is 14.3 Å². The third kappa shape index (κ3) is 2.81. The number of nitrogens with one attached hydrogen (secondary N) is 1. The molecule has 1 aliphatic rings. The van der Waals surface area contributed by atoms with Crippen LogP contribution in [0.4, 0.5) is 0 Å². The zero-order valence-electron chi connectivity index (χ0n) is 11.0. The number of rotatable bonds is 4. The monoisotopic (exact) mass is 325 g/mol. The van der Waals surface area contributed by atoms with Gasteiger partial charge in [-0.25, -0.2) is 0 Å². The summed E-state index contributed by atoms with van der Waals surface area (Å²) in [5.41, 5.74) is 1.20. The van der Waals surface area contributed by atoms with E-state index in [2.05, 4.69) is 26.0 Å². The first-order valence-electron chi connectivity index (χ1n) is 6.11.